The van der Waals surface area contributed by atoms with Crippen molar-refractivity contribution in [3.63, 3.8) is 0 Å². The van der Waals surface area contributed by atoms with E-state index in [2.05, 4.69) is 21.2 Å². The number of carbonyl (C=O) groups excluding carboxylic acids is 1. The van der Waals surface area contributed by atoms with Crippen molar-refractivity contribution in [2.45, 2.75) is 20.0 Å². The molecular formula is C16H14BrClN2O4. The van der Waals surface area contributed by atoms with Crippen molar-refractivity contribution in [1.29, 1.82) is 0 Å². The number of carbonyl (C=O) groups is 1. The number of hydrogen-bond donors (Lipinski definition) is 1. The lowest BCUT2D eigenvalue weighted by Crippen LogP contribution is -2.30. The number of benzene rings is 2. The van der Waals surface area contributed by atoms with Gasteiger partial charge < -0.3 is 10.1 Å². The Bertz CT molecular complexity index is 798. The van der Waals surface area contributed by atoms with Gasteiger partial charge in [0.15, 0.2) is 6.10 Å². The van der Waals surface area contributed by atoms with Gasteiger partial charge in [-0.1, -0.05) is 17.7 Å². The first kappa shape index (κ1) is 18.2. The topological polar surface area (TPSA) is 81.5 Å². The summed E-state index contributed by atoms with van der Waals surface area (Å²) in [6.07, 6.45) is -0.805. The number of nitro benzene ring substituents is 1. The highest BCUT2D eigenvalue weighted by Crippen LogP contribution is 2.29. The first-order chi connectivity index (χ1) is 11.3. The Morgan fingerprint density at radius 3 is 2.67 bits per heavy atom. The van der Waals surface area contributed by atoms with Crippen molar-refractivity contribution in [1.82, 2.24) is 0 Å². The molecule has 1 N–H and O–H groups in total. The molecule has 0 heterocycles. The van der Waals surface area contributed by atoms with Gasteiger partial charge in [0, 0.05) is 17.2 Å². The van der Waals surface area contributed by atoms with E-state index >= 15 is 0 Å². The zero-order chi connectivity index (χ0) is 17.9. The van der Waals surface area contributed by atoms with Gasteiger partial charge in [-0.25, -0.2) is 0 Å². The van der Waals surface area contributed by atoms with Crippen molar-refractivity contribution < 1.29 is 14.5 Å². The third-order valence-corrected chi connectivity index (χ3v) is 4.11. The van der Waals surface area contributed by atoms with Crippen LogP contribution in [-0.2, 0) is 4.79 Å². The second-order valence-electron chi connectivity index (χ2n) is 5.08. The summed E-state index contributed by atoms with van der Waals surface area (Å²) in [7, 11) is 0. The van der Waals surface area contributed by atoms with Crippen LogP contribution in [0.4, 0.5) is 11.4 Å². The molecule has 8 heteroatoms. The Kier molecular flexibility index (Phi) is 5.80. The van der Waals surface area contributed by atoms with E-state index in [1.807, 2.05) is 0 Å². The van der Waals surface area contributed by atoms with Crippen LogP contribution in [0.15, 0.2) is 40.9 Å². The molecule has 2 aromatic rings. The summed E-state index contributed by atoms with van der Waals surface area (Å²) in [5.74, 6) is 0.0539. The van der Waals surface area contributed by atoms with Gasteiger partial charge in [-0.15, -0.1) is 0 Å². The summed E-state index contributed by atoms with van der Waals surface area (Å²) in [4.78, 5) is 22.6. The highest BCUT2D eigenvalue weighted by atomic mass is 79.9. The fourth-order valence-corrected chi connectivity index (χ4v) is 2.68. The van der Waals surface area contributed by atoms with Crippen LogP contribution in [0.5, 0.6) is 5.75 Å². The van der Waals surface area contributed by atoms with Crippen molar-refractivity contribution >= 4 is 44.8 Å². The monoisotopic (exact) mass is 412 g/mol. The quantitative estimate of drug-likeness (QED) is 0.568. The van der Waals surface area contributed by atoms with Crippen molar-refractivity contribution in [3.8, 4) is 5.75 Å². The smallest absolute Gasteiger partial charge is 0.271 e. The number of rotatable bonds is 5. The average Bonchev–Trinajstić information content (AvgIpc) is 2.51. The zero-order valence-corrected chi connectivity index (χ0v) is 15.2. The Labute approximate surface area is 152 Å². The lowest BCUT2D eigenvalue weighted by Gasteiger charge is -2.16. The third-order valence-electron chi connectivity index (χ3n) is 3.26. The second kappa shape index (κ2) is 7.63. The van der Waals surface area contributed by atoms with E-state index in [9.17, 15) is 14.9 Å². The van der Waals surface area contributed by atoms with E-state index in [-0.39, 0.29) is 5.69 Å². The minimum atomic E-state index is -0.805. The first-order valence-electron chi connectivity index (χ1n) is 6.95. The molecule has 6 nitrogen and oxygen atoms in total. The van der Waals surface area contributed by atoms with Crippen molar-refractivity contribution in [3.05, 3.63) is 61.6 Å². The van der Waals surface area contributed by atoms with Gasteiger partial charge in [-0.2, -0.15) is 0 Å². The molecule has 2 rings (SSSR count). The predicted molar refractivity (Wildman–Crippen MR) is 95.7 cm³/mol. The van der Waals surface area contributed by atoms with E-state index in [0.29, 0.717) is 26.5 Å². The van der Waals surface area contributed by atoms with Gasteiger partial charge in [-0.05, 0) is 53.5 Å². The zero-order valence-electron chi connectivity index (χ0n) is 12.9. The Balaban J connectivity index is 2.11. The Hall–Kier alpha value is -2.12. The molecule has 0 saturated heterocycles. The molecule has 0 saturated carbocycles. The maximum absolute atomic E-state index is 12.3. The van der Waals surface area contributed by atoms with Gasteiger partial charge >= 0.3 is 0 Å². The van der Waals surface area contributed by atoms with Gasteiger partial charge in [-0.3, -0.25) is 14.9 Å². The molecule has 1 atom stereocenters. The summed E-state index contributed by atoms with van der Waals surface area (Å²) in [6.45, 7) is 3.34. The molecule has 1 amide bonds. The highest BCUT2D eigenvalue weighted by Gasteiger charge is 2.18. The van der Waals surface area contributed by atoms with E-state index in [4.69, 9.17) is 16.3 Å². The van der Waals surface area contributed by atoms with E-state index in [0.717, 1.165) is 0 Å². The summed E-state index contributed by atoms with van der Waals surface area (Å²) >= 11 is 9.17. The van der Waals surface area contributed by atoms with Crippen LogP contribution >= 0.6 is 27.5 Å². The van der Waals surface area contributed by atoms with Crippen molar-refractivity contribution in [2.75, 3.05) is 5.32 Å². The number of nitro groups is 1. The fourth-order valence-electron chi connectivity index (χ4n) is 1.91. The lowest BCUT2D eigenvalue weighted by atomic mass is 10.1. The van der Waals surface area contributed by atoms with E-state index < -0.39 is 16.9 Å². The number of aryl methyl sites for hydroxylation is 1. The van der Waals surface area contributed by atoms with Crippen LogP contribution in [0.1, 0.15) is 12.5 Å². The molecule has 0 bridgehead atoms. The minimum Gasteiger partial charge on any atom is -0.480 e. The first-order valence-corrected chi connectivity index (χ1v) is 8.12. The minimum absolute atomic E-state index is 0.0927. The van der Waals surface area contributed by atoms with Crippen LogP contribution in [0.2, 0.25) is 5.02 Å². The molecule has 1 unspecified atom stereocenters. The van der Waals surface area contributed by atoms with Gasteiger partial charge in [0.25, 0.3) is 11.6 Å². The van der Waals surface area contributed by atoms with E-state index in [1.54, 1.807) is 38.1 Å². The van der Waals surface area contributed by atoms with Gasteiger partial charge in [0.1, 0.15) is 5.75 Å². The molecule has 24 heavy (non-hydrogen) atoms. The molecule has 0 aromatic heterocycles. The predicted octanol–water partition coefficient (Wildman–Crippen LogP) is 4.73. The summed E-state index contributed by atoms with van der Waals surface area (Å²) in [5.41, 5.74) is 0.999. The number of anilines is 1. The molecule has 0 aliphatic carbocycles. The van der Waals surface area contributed by atoms with Crippen LogP contribution in [0.25, 0.3) is 0 Å². The number of halogens is 2. The van der Waals surface area contributed by atoms with Crippen LogP contribution in [-0.4, -0.2) is 16.9 Å². The molecule has 0 radical (unpaired) electrons. The molecule has 0 aliphatic heterocycles. The molecule has 126 valence electrons. The highest BCUT2D eigenvalue weighted by molar-refractivity contribution is 9.10. The molecule has 0 aliphatic rings. The van der Waals surface area contributed by atoms with E-state index in [1.165, 1.54) is 12.1 Å². The summed E-state index contributed by atoms with van der Waals surface area (Å²) in [5, 5.41) is 14.0. The Morgan fingerprint density at radius 1 is 1.33 bits per heavy atom. The standard InChI is InChI=1S/C16H14BrClN2O4/c1-9-3-5-12(20(22)23)8-14(9)19-16(21)10(2)24-15-6-4-11(18)7-13(15)17/h3-8,10H,1-2H3,(H,19,21). The van der Waals surface area contributed by atoms with Crippen LogP contribution in [0, 0.1) is 17.0 Å². The van der Waals surface area contributed by atoms with Crippen molar-refractivity contribution in [2.24, 2.45) is 0 Å². The number of amides is 1. The summed E-state index contributed by atoms with van der Waals surface area (Å²) < 4.78 is 6.23. The maximum atomic E-state index is 12.3. The SMILES string of the molecule is Cc1ccc([N+](=O)[O-])cc1NC(=O)C(C)Oc1ccc(Cl)cc1Br. The fraction of sp³-hybridized carbons (Fsp3) is 0.188. The molecule has 0 fully saturated rings. The Morgan fingerprint density at radius 2 is 2.04 bits per heavy atom. The number of nitrogens with zero attached hydrogens (tertiary/aromatic N) is 1. The maximum Gasteiger partial charge on any atom is 0.271 e. The normalized spacial score (nSPS) is 11.7. The number of hydrogen-bond acceptors (Lipinski definition) is 4. The average molecular weight is 414 g/mol. The second-order valence-corrected chi connectivity index (χ2v) is 6.37. The number of non-ortho nitro benzene ring substituents is 1. The lowest BCUT2D eigenvalue weighted by molar-refractivity contribution is -0.384. The molecule has 2 aromatic carbocycles. The van der Waals surface area contributed by atoms with Crippen LogP contribution < -0.4 is 10.1 Å². The number of nitrogens with one attached hydrogen (secondary N) is 1. The third kappa shape index (κ3) is 4.46. The molecule has 0 spiro atoms. The largest absolute Gasteiger partial charge is 0.480 e. The number of ether oxygens (including phenoxy) is 1. The van der Waals surface area contributed by atoms with Gasteiger partial charge in [0.2, 0.25) is 0 Å². The summed E-state index contributed by atoms with van der Waals surface area (Å²) in [6, 6.07) is 9.24. The molecular weight excluding hydrogens is 400 g/mol. The van der Waals surface area contributed by atoms with Crippen LogP contribution in [0.3, 0.4) is 0 Å². The van der Waals surface area contributed by atoms with Gasteiger partial charge in [0.05, 0.1) is 15.1 Å².